The Labute approximate surface area is 122 Å². The van der Waals surface area contributed by atoms with E-state index >= 15 is 0 Å². The van der Waals surface area contributed by atoms with Crippen LogP contribution < -0.4 is 10.6 Å². The van der Waals surface area contributed by atoms with E-state index in [-0.39, 0.29) is 5.84 Å². The number of rotatable bonds is 5. The average Bonchev–Trinajstić information content (AvgIpc) is 2.53. The molecule has 6 heteroatoms. The minimum atomic E-state index is -0.407. The zero-order valence-electron chi connectivity index (χ0n) is 11.7. The van der Waals surface area contributed by atoms with Crippen LogP contribution in [-0.4, -0.2) is 22.6 Å². The second kappa shape index (κ2) is 6.69. The molecule has 110 valence electrons. The standard InChI is InChI=1S/C15H17FN4O/c1-2-20(10-11-5-7-18-8-6-11)14-4-3-12(9-13(14)16)15(17)19-21/h3-9,21H,2,10H2,1H3,(H2,17,19). The van der Waals surface area contributed by atoms with Crippen LogP contribution in [-0.2, 0) is 6.54 Å². The average molecular weight is 288 g/mol. The molecule has 0 radical (unpaired) electrons. The highest BCUT2D eigenvalue weighted by Crippen LogP contribution is 2.22. The maximum Gasteiger partial charge on any atom is 0.170 e. The molecule has 0 saturated carbocycles. The molecular weight excluding hydrogens is 271 g/mol. The van der Waals surface area contributed by atoms with Crippen molar-refractivity contribution in [3.63, 3.8) is 0 Å². The van der Waals surface area contributed by atoms with Crippen molar-refractivity contribution >= 4 is 11.5 Å². The van der Waals surface area contributed by atoms with E-state index in [9.17, 15) is 4.39 Å². The Hall–Kier alpha value is -2.63. The van der Waals surface area contributed by atoms with Gasteiger partial charge in [0.2, 0.25) is 0 Å². The first-order valence-corrected chi connectivity index (χ1v) is 6.57. The van der Waals surface area contributed by atoms with Crippen LogP contribution in [0.25, 0.3) is 0 Å². The van der Waals surface area contributed by atoms with Crippen molar-refractivity contribution in [2.45, 2.75) is 13.5 Å². The molecule has 2 rings (SSSR count). The lowest BCUT2D eigenvalue weighted by molar-refractivity contribution is 0.318. The highest BCUT2D eigenvalue weighted by molar-refractivity contribution is 5.97. The molecule has 0 aliphatic carbocycles. The fraction of sp³-hybridized carbons (Fsp3) is 0.200. The topological polar surface area (TPSA) is 74.7 Å². The number of aromatic nitrogens is 1. The SMILES string of the molecule is CCN(Cc1ccncc1)c1ccc(C(N)=NO)cc1F. The second-order valence-corrected chi connectivity index (χ2v) is 4.52. The Morgan fingerprint density at radius 2 is 2.05 bits per heavy atom. The van der Waals surface area contributed by atoms with Gasteiger partial charge in [0.05, 0.1) is 5.69 Å². The van der Waals surface area contributed by atoms with E-state index in [1.807, 2.05) is 24.0 Å². The Balaban J connectivity index is 2.26. The molecule has 0 aliphatic rings. The van der Waals surface area contributed by atoms with Gasteiger partial charge in [-0.2, -0.15) is 0 Å². The lowest BCUT2D eigenvalue weighted by Gasteiger charge is -2.24. The highest BCUT2D eigenvalue weighted by Gasteiger charge is 2.12. The summed E-state index contributed by atoms with van der Waals surface area (Å²) in [7, 11) is 0. The summed E-state index contributed by atoms with van der Waals surface area (Å²) in [5, 5.41) is 11.5. The van der Waals surface area contributed by atoms with Crippen LogP contribution in [0.1, 0.15) is 18.1 Å². The fourth-order valence-electron chi connectivity index (χ4n) is 2.06. The third-order valence-electron chi connectivity index (χ3n) is 3.20. The number of benzene rings is 1. The molecule has 0 unspecified atom stereocenters. The van der Waals surface area contributed by atoms with Gasteiger partial charge < -0.3 is 15.8 Å². The van der Waals surface area contributed by atoms with E-state index in [0.29, 0.717) is 24.3 Å². The molecule has 2 aromatic rings. The smallest absolute Gasteiger partial charge is 0.170 e. The van der Waals surface area contributed by atoms with Crippen LogP contribution in [0, 0.1) is 5.82 Å². The Bertz CT molecular complexity index is 631. The maximum absolute atomic E-state index is 14.2. The largest absolute Gasteiger partial charge is 0.409 e. The van der Waals surface area contributed by atoms with Crippen LogP contribution in [0.2, 0.25) is 0 Å². The summed E-state index contributed by atoms with van der Waals surface area (Å²) in [5.41, 5.74) is 7.33. The molecule has 21 heavy (non-hydrogen) atoms. The number of amidine groups is 1. The Morgan fingerprint density at radius 3 is 2.62 bits per heavy atom. The van der Waals surface area contributed by atoms with Gasteiger partial charge >= 0.3 is 0 Å². The van der Waals surface area contributed by atoms with Crippen molar-refractivity contribution in [1.82, 2.24) is 4.98 Å². The van der Waals surface area contributed by atoms with E-state index in [0.717, 1.165) is 5.56 Å². The molecule has 5 nitrogen and oxygen atoms in total. The van der Waals surface area contributed by atoms with E-state index in [4.69, 9.17) is 10.9 Å². The van der Waals surface area contributed by atoms with Gasteiger partial charge in [-0.25, -0.2) is 4.39 Å². The first kappa shape index (κ1) is 14.8. The summed E-state index contributed by atoms with van der Waals surface area (Å²) in [6.45, 7) is 3.19. The van der Waals surface area contributed by atoms with Crippen molar-refractivity contribution in [3.05, 3.63) is 59.7 Å². The van der Waals surface area contributed by atoms with Gasteiger partial charge in [0.25, 0.3) is 0 Å². The maximum atomic E-state index is 14.2. The molecule has 1 heterocycles. The van der Waals surface area contributed by atoms with Gasteiger partial charge in [-0.1, -0.05) is 5.16 Å². The quantitative estimate of drug-likeness (QED) is 0.383. The molecule has 0 aliphatic heterocycles. The molecule has 1 aromatic heterocycles. The molecule has 0 bridgehead atoms. The van der Waals surface area contributed by atoms with Crippen LogP contribution >= 0.6 is 0 Å². The molecule has 0 fully saturated rings. The van der Waals surface area contributed by atoms with Gasteiger partial charge in [0.15, 0.2) is 5.84 Å². The first-order chi connectivity index (χ1) is 10.2. The number of oxime groups is 1. The van der Waals surface area contributed by atoms with Crippen LogP contribution in [0.4, 0.5) is 10.1 Å². The van der Waals surface area contributed by atoms with Gasteiger partial charge in [-0.3, -0.25) is 4.98 Å². The van der Waals surface area contributed by atoms with Crippen molar-refractivity contribution < 1.29 is 9.60 Å². The van der Waals surface area contributed by atoms with E-state index in [1.165, 1.54) is 6.07 Å². The molecule has 3 N–H and O–H groups in total. The zero-order chi connectivity index (χ0) is 15.2. The number of nitrogens with zero attached hydrogens (tertiary/aromatic N) is 3. The Kier molecular flexibility index (Phi) is 4.71. The van der Waals surface area contributed by atoms with Gasteiger partial charge in [0.1, 0.15) is 5.82 Å². The molecule has 0 amide bonds. The number of hydrogen-bond donors (Lipinski definition) is 2. The predicted molar refractivity (Wildman–Crippen MR) is 79.9 cm³/mol. The normalized spacial score (nSPS) is 11.4. The van der Waals surface area contributed by atoms with Gasteiger partial charge in [-0.05, 0) is 42.8 Å². The van der Waals surface area contributed by atoms with Crippen molar-refractivity contribution in [3.8, 4) is 0 Å². The summed E-state index contributed by atoms with van der Waals surface area (Å²) in [6, 6.07) is 8.31. The van der Waals surface area contributed by atoms with Crippen LogP contribution in [0.15, 0.2) is 47.9 Å². The first-order valence-electron chi connectivity index (χ1n) is 6.57. The summed E-state index contributed by atoms with van der Waals surface area (Å²) in [5.74, 6) is -0.521. The molecular formula is C15H17FN4O. The number of hydrogen-bond acceptors (Lipinski definition) is 4. The van der Waals surface area contributed by atoms with Crippen molar-refractivity contribution in [1.29, 1.82) is 0 Å². The fourth-order valence-corrected chi connectivity index (χ4v) is 2.06. The minimum absolute atomic E-state index is 0.113. The van der Waals surface area contributed by atoms with E-state index < -0.39 is 5.82 Å². The number of anilines is 1. The van der Waals surface area contributed by atoms with Crippen molar-refractivity contribution in [2.24, 2.45) is 10.9 Å². The van der Waals surface area contributed by atoms with Gasteiger partial charge in [0, 0.05) is 31.0 Å². The lowest BCUT2D eigenvalue weighted by Crippen LogP contribution is -2.23. The third-order valence-corrected chi connectivity index (χ3v) is 3.20. The monoisotopic (exact) mass is 288 g/mol. The molecule has 0 spiro atoms. The van der Waals surface area contributed by atoms with Crippen LogP contribution in [0.3, 0.4) is 0 Å². The van der Waals surface area contributed by atoms with Crippen molar-refractivity contribution in [2.75, 3.05) is 11.4 Å². The number of pyridine rings is 1. The molecule has 1 aromatic carbocycles. The lowest BCUT2D eigenvalue weighted by atomic mass is 10.1. The predicted octanol–water partition coefficient (Wildman–Crippen LogP) is 2.34. The minimum Gasteiger partial charge on any atom is -0.409 e. The second-order valence-electron chi connectivity index (χ2n) is 4.52. The van der Waals surface area contributed by atoms with Crippen LogP contribution in [0.5, 0.6) is 0 Å². The molecule has 0 atom stereocenters. The number of halogens is 1. The third kappa shape index (κ3) is 3.47. The summed E-state index contributed by atoms with van der Waals surface area (Å²) >= 11 is 0. The number of nitrogens with two attached hydrogens (primary N) is 1. The summed E-state index contributed by atoms with van der Waals surface area (Å²) < 4.78 is 14.2. The van der Waals surface area contributed by atoms with E-state index in [2.05, 4.69) is 10.1 Å². The molecule has 0 saturated heterocycles. The zero-order valence-corrected chi connectivity index (χ0v) is 11.7. The van der Waals surface area contributed by atoms with E-state index in [1.54, 1.807) is 24.5 Å². The van der Waals surface area contributed by atoms with Gasteiger partial charge in [-0.15, -0.1) is 0 Å². The summed E-state index contributed by atoms with van der Waals surface area (Å²) in [6.07, 6.45) is 3.42. The highest BCUT2D eigenvalue weighted by atomic mass is 19.1. The Morgan fingerprint density at radius 1 is 1.33 bits per heavy atom. The summed E-state index contributed by atoms with van der Waals surface area (Å²) in [4.78, 5) is 5.87.